The summed E-state index contributed by atoms with van der Waals surface area (Å²) in [6.45, 7) is 1.96. The van der Waals surface area contributed by atoms with Gasteiger partial charge in [-0.25, -0.2) is 4.98 Å². The third-order valence-corrected chi connectivity index (χ3v) is 3.91. The van der Waals surface area contributed by atoms with Gasteiger partial charge in [-0.2, -0.15) is 0 Å². The predicted molar refractivity (Wildman–Crippen MR) is 77.7 cm³/mol. The first kappa shape index (κ1) is 13.7. The van der Waals surface area contributed by atoms with Gasteiger partial charge in [-0.3, -0.25) is 10.1 Å². The molecule has 0 radical (unpaired) electrons. The molecule has 2 aromatic rings. The number of aliphatic hydroxyl groups excluding tert-OH is 1. The van der Waals surface area contributed by atoms with Crippen molar-refractivity contribution < 1.29 is 9.90 Å². The van der Waals surface area contributed by atoms with Crippen molar-refractivity contribution in [1.82, 2.24) is 4.98 Å². The molecule has 0 unspecified atom stereocenters. The lowest BCUT2D eigenvalue weighted by atomic mass is 10.2. The number of aryl methyl sites for hydroxylation is 1. The Balaban J connectivity index is 2.12. The maximum Gasteiger partial charge on any atom is 0.268 e. The molecule has 0 fully saturated rings. The average molecular weight is 292 g/mol. The molecular weight excluding hydrogens is 280 g/mol. The van der Waals surface area contributed by atoms with E-state index >= 15 is 0 Å². The van der Waals surface area contributed by atoms with Crippen molar-refractivity contribution >= 4 is 33.7 Å². The van der Waals surface area contributed by atoms with E-state index in [1.165, 1.54) is 22.7 Å². The molecule has 0 saturated heterocycles. The molecule has 19 heavy (non-hydrogen) atoms. The smallest absolute Gasteiger partial charge is 0.268 e. The van der Waals surface area contributed by atoms with E-state index in [1.807, 2.05) is 12.3 Å². The van der Waals surface area contributed by atoms with Gasteiger partial charge in [0.05, 0.1) is 6.61 Å². The van der Waals surface area contributed by atoms with E-state index in [0.29, 0.717) is 22.0 Å². The maximum atomic E-state index is 12.1. The van der Waals surface area contributed by atoms with Gasteiger partial charge in [-0.15, -0.1) is 22.7 Å². The Labute approximate surface area is 119 Å². The minimum atomic E-state index is -0.197. The SMILES string of the molecule is Cc1cnc(NC(=O)c2sccc2C#CCCO)s1. The van der Waals surface area contributed by atoms with Crippen molar-refractivity contribution in [3.63, 3.8) is 0 Å². The fourth-order valence-corrected chi connectivity index (χ4v) is 2.77. The number of aliphatic hydroxyl groups is 1. The molecule has 0 saturated carbocycles. The Bertz CT molecular complexity index is 634. The van der Waals surface area contributed by atoms with E-state index < -0.39 is 0 Å². The predicted octanol–water partition coefficient (Wildman–Crippen LogP) is 2.50. The zero-order valence-corrected chi connectivity index (χ0v) is 11.9. The van der Waals surface area contributed by atoms with Crippen LogP contribution in [0.15, 0.2) is 17.6 Å². The molecule has 0 aromatic carbocycles. The van der Waals surface area contributed by atoms with Gasteiger partial charge in [-0.05, 0) is 18.4 Å². The van der Waals surface area contributed by atoms with Gasteiger partial charge in [0.2, 0.25) is 0 Å². The summed E-state index contributed by atoms with van der Waals surface area (Å²) in [5.74, 6) is 5.51. The maximum absolute atomic E-state index is 12.1. The van der Waals surface area contributed by atoms with Gasteiger partial charge >= 0.3 is 0 Å². The second kappa shape index (κ2) is 6.48. The number of amides is 1. The number of nitrogens with zero attached hydrogens (tertiary/aromatic N) is 1. The van der Waals surface area contributed by atoms with Crippen LogP contribution in [0.2, 0.25) is 0 Å². The quantitative estimate of drug-likeness (QED) is 0.854. The highest BCUT2D eigenvalue weighted by atomic mass is 32.1. The zero-order valence-electron chi connectivity index (χ0n) is 10.3. The molecule has 0 aliphatic rings. The van der Waals surface area contributed by atoms with Gasteiger partial charge in [0, 0.05) is 23.1 Å². The fraction of sp³-hybridized carbons (Fsp3) is 0.231. The molecule has 6 heteroatoms. The van der Waals surface area contributed by atoms with Crippen molar-refractivity contribution in [3.8, 4) is 11.8 Å². The highest BCUT2D eigenvalue weighted by Crippen LogP contribution is 2.21. The van der Waals surface area contributed by atoms with E-state index in [9.17, 15) is 4.79 Å². The molecule has 0 bridgehead atoms. The number of thiazole rings is 1. The van der Waals surface area contributed by atoms with E-state index in [-0.39, 0.29) is 12.5 Å². The van der Waals surface area contributed by atoms with E-state index in [2.05, 4.69) is 22.1 Å². The van der Waals surface area contributed by atoms with Crippen LogP contribution in [-0.4, -0.2) is 22.6 Å². The third-order valence-electron chi connectivity index (χ3n) is 2.17. The highest BCUT2D eigenvalue weighted by Gasteiger charge is 2.13. The number of nitrogens with one attached hydrogen (secondary N) is 1. The lowest BCUT2D eigenvalue weighted by Crippen LogP contribution is -2.11. The fourth-order valence-electron chi connectivity index (χ4n) is 1.36. The molecule has 2 aromatic heterocycles. The summed E-state index contributed by atoms with van der Waals surface area (Å²) in [5.41, 5.74) is 0.684. The second-order valence-electron chi connectivity index (χ2n) is 3.67. The number of hydrogen-bond acceptors (Lipinski definition) is 5. The van der Waals surface area contributed by atoms with Crippen LogP contribution in [0.1, 0.15) is 26.5 Å². The Hall–Kier alpha value is -1.68. The molecule has 0 aliphatic heterocycles. The third kappa shape index (κ3) is 3.64. The van der Waals surface area contributed by atoms with Gasteiger partial charge in [0.15, 0.2) is 5.13 Å². The Morgan fingerprint density at radius 3 is 3.11 bits per heavy atom. The van der Waals surface area contributed by atoms with E-state index in [0.717, 1.165) is 4.88 Å². The number of aromatic nitrogens is 1. The highest BCUT2D eigenvalue weighted by molar-refractivity contribution is 7.16. The lowest BCUT2D eigenvalue weighted by Gasteiger charge is -1.99. The average Bonchev–Trinajstić information content (AvgIpc) is 2.99. The normalized spacial score (nSPS) is 9.79. The van der Waals surface area contributed by atoms with Crippen LogP contribution < -0.4 is 5.32 Å². The molecule has 2 N–H and O–H groups in total. The number of carbonyl (C=O) groups is 1. The summed E-state index contributed by atoms with van der Waals surface area (Å²) in [6, 6.07) is 1.80. The standard InChI is InChI=1S/C13H12N2O2S2/c1-9-8-14-13(19-9)15-12(17)11-10(5-7-18-11)4-2-3-6-16/h5,7-8,16H,3,6H2,1H3,(H,14,15,17). The summed E-state index contributed by atoms with van der Waals surface area (Å²) < 4.78 is 0. The van der Waals surface area contributed by atoms with Crippen molar-refractivity contribution in [2.24, 2.45) is 0 Å². The number of thiophene rings is 1. The van der Waals surface area contributed by atoms with Crippen LogP contribution in [-0.2, 0) is 0 Å². The number of hydrogen-bond donors (Lipinski definition) is 2. The molecule has 4 nitrogen and oxygen atoms in total. The molecule has 98 valence electrons. The molecule has 1 amide bonds. The zero-order chi connectivity index (χ0) is 13.7. The Morgan fingerprint density at radius 1 is 1.58 bits per heavy atom. The van der Waals surface area contributed by atoms with Gasteiger partial charge < -0.3 is 5.11 Å². The molecule has 0 spiro atoms. The molecule has 2 heterocycles. The van der Waals surface area contributed by atoms with E-state index in [4.69, 9.17) is 5.11 Å². The first-order valence-corrected chi connectivity index (χ1v) is 7.31. The van der Waals surface area contributed by atoms with Crippen LogP contribution in [0.5, 0.6) is 0 Å². The van der Waals surface area contributed by atoms with Crippen molar-refractivity contribution in [2.75, 3.05) is 11.9 Å². The summed E-state index contributed by atoms with van der Waals surface area (Å²) in [7, 11) is 0. The largest absolute Gasteiger partial charge is 0.395 e. The first-order valence-electron chi connectivity index (χ1n) is 5.61. The summed E-state index contributed by atoms with van der Waals surface area (Å²) in [6.07, 6.45) is 2.12. The van der Waals surface area contributed by atoms with Gasteiger partial charge in [0.1, 0.15) is 4.88 Å². The summed E-state index contributed by atoms with van der Waals surface area (Å²) in [4.78, 5) is 17.8. The van der Waals surface area contributed by atoms with Crippen LogP contribution in [0.3, 0.4) is 0 Å². The molecule has 0 atom stereocenters. The van der Waals surface area contributed by atoms with Crippen LogP contribution >= 0.6 is 22.7 Å². The lowest BCUT2D eigenvalue weighted by molar-refractivity contribution is 0.103. The summed E-state index contributed by atoms with van der Waals surface area (Å²) >= 11 is 2.77. The van der Waals surface area contributed by atoms with Crippen LogP contribution in [0, 0.1) is 18.8 Å². The summed E-state index contributed by atoms with van der Waals surface area (Å²) in [5, 5.41) is 13.9. The second-order valence-corrected chi connectivity index (χ2v) is 5.82. The Morgan fingerprint density at radius 2 is 2.42 bits per heavy atom. The number of rotatable bonds is 3. The topological polar surface area (TPSA) is 62.2 Å². The van der Waals surface area contributed by atoms with Crippen LogP contribution in [0.4, 0.5) is 5.13 Å². The number of carbonyl (C=O) groups excluding carboxylic acids is 1. The molecule has 2 rings (SSSR count). The minimum Gasteiger partial charge on any atom is -0.395 e. The van der Waals surface area contributed by atoms with E-state index in [1.54, 1.807) is 12.3 Å². The van der Waals surface area contributed by atoms with Gasteiger partial charge in [-0.1, -0.05) is 11.8 Å². The van der Waals surface area contributed by atoms with Gasteiger partial charge in [0.25, 0.3) is 5.91 Å². The molecular formula is C13H12N2O2S2. The monoisotopic (exact) mass is 292 g/mol. The van der Waals surface area contributed by atoms with Crippen LogP contribution in [0.25, 0.3) is 0 Å². The van der Waals surface area contributed by atoms with Crippen molar-refractivity contribution in [2.45, 2.75) is 13.3 Å². The van der Waals surface area contributed by atoms with Crippen molar-refractivity contribution in [3.05, 3.63) is 33.0 Å². The number of anilines is 1. The first-order chi connectivity index (χ1) is 9.20. The van der Waals surface area contributed by atoms with Crippen molar-refractivity contribution in [1.29, 1.82) is 0 Å². The molecule has 0 aliphatic carbocycles. The minimum absolute atomic E-state index is 0.0249. The Kier molecular flexibility index (Phi) is 4.68.